The van der Waals surface area contributed by atoms with Crippen LogP contribution in [0, 0.1) is 6.92 Å². The molecule has 0 saturated heterocycles. The van der Waals surface area contributed by atoms with E-state index in [4.69, 9.17) is 9.05 Å². The van der Waals surface area contributed by atoms with Crippen molar-refractivity contribution in [1.82, 2.24) is 0 Å². The monoisotopic (exact) mass is 316 g/mol. The highest BCUT2D eigenvalue weighted by Gasteiger charge is 2.46. The second-order valence-corrected chi connectivity index (χ2v) is 8.53. The molecule has 0 fully saturated rings. The van der Waals surface area contributed by atoms with E-state index >= 15 is 0 Å². The van der Waals surface area contributed by atoms with Gasteiger partial charge in [-0.2, -0.15) is 0 Å². The van der Waals surface area contributed by atoms with Gasteiger partial charge in [-0.15, -0.1) is 0 Å². The van der Waals surface area contributed by atoms with Gasteiger partial charge in [-0.25, -0.2) is 4.57 Å². The molecule has 0 N–H and O–H groups in total. The van der Waals surface area contributed by atoms with Crippen LogP contribution < -0.4 is 4.52 Å². The fraction of sp³-hybridized carbons (Fsp3) is 0.333. The van der Waals surface area contributed by atoms with Gasteiger partial charge in [-0.3, -0.25) is 4.52 Å². The first-order chi connectivity index (χ1) is 10.3. The molecule has 2 aromatic rings. The molecule has 22 heavy (non-hydrogen) atoms. The largest absolute Gasteiger partial charge is 0.424 e. The van der Waals surface area contributed by atoms with Crippen molar-refractivity contribution in [2.45, 2.75) is 39.0 Å². The standard InChI is InChI=1S/C18H21O3P/c1-13-9-11-15(12-10-13)14(2)22(19)20-17-8-6-5-7-16(17)18(3,4)21-22/h5-12,14H,1-4H3. The molecule has 0 aromatic heterocycles. The van der Waals surface area contributed by atoms with Crippen LogP contribution in [-0.4, -0.2) is 0 Å². The minimum absolute atomic E-state index is 0.319. The highest BCUT2D eigenvalue weighted by molar-refractivity contribution is 7.54. The average Bonchev–Trinajstić information content (AvgIpc) is 2.46. The maximum atomic E-state index is 13.4. The maximum Gasteiger partial charge on any atom is 0.387 e. The van der Waals surface area contributed by atoms with Gasteiger partial charge >= 0.3 is 7.60 Å². The van der Waals surface area contributed by atoms with Gasteiger partial charge in [0.1, 0.15) is 11.4 Å². The number of rotatable bonds is 2. The molecule has 2 unspecified atom stereocenters. The van der Waals surface area contributed by atoms with Crippen LogP contribution in [0.15, 0.2) is 48.5 Å². The van der Waals surface area contributed by atoms with E-state index in [-0.39, 0.29) is 5.66 Å². The van der Waals surface area contributed by atoms with Crippen molar-refractivity contribution in [2.75, 3.05) is 0 Å². The molecule has 4 heteroatoms. The molecule has 1 aliphatic heterocycles. The van der Waals surface area contributed by atoms with Crippen LogP contribution in [0.2, 0.25) is 0 Å². The van der Waals surface area contributed by atoms with Crippen LogP contribution in [-0.2, 0) is 14.7 Å². The topological polar surface area (TPSA) is 35.5 Å². The highest BCUT2D eigenvalue weighted by atomic mass is 31.2. The lowest BCUT2D eigenvalue weighted by molar-refractivity contribution is 0.0731. The molecule has 3 rings (SSSR count). The first-order valence-electron chi connectivity index (χ1n) is 7.48. The summed E-state index contributed by atoms with van der Waals surface area (Å²) in [6.07, 6.45) is 0. The van der Waals surface area contributed by atoms with E-state index < -0.39 is 13.2 Å². The summed E-state index contributed by atoms with van der Waals surface area (Å²) in [7, 11) is -3.30. The van der Waals surface area contributed by atoms with Crippen LogP contribution in [0.5, 0.6) is 5.75 Å². The van der Waals surface area contributed by atoms with Crippen molar-refractivity contribution in [3.05, 3.63) is 65.2 Å². The first kappa shape index (κ1) is 15.3. The summed E-state index contributed by atoms with van der Waals surface area (Å²) in [4.78, 5) is 0. The van der Waals surface area contributed by atoms with E-state index in [0.29, 0.717) is 5.75 Å². The van der Waals surface area contributed by atoms with Gasteiger partial charge < -0.3 is 4.52 Å². The van der Waals surface area contributed by atoms with Gasteiger partial charge in [-0.1, -0.05) is 48.0 Å². The Kier molecular flexibility index (Phi) is 3.66. The molecule has 0 amide bonds. The summed E-state index contributed by atoms with van der Waals surface area (Å²) in [5, 5.41) is 0. The van der Waals surface area contributed by atoms with Gasteiger partial charge in [0.05, 0.1) is 5.66 Å². The second-order valence-electron chi connectivity index (χ2n) is 6.32. The zero-order valence-corrected chi connectivity index (χ0v) is 14.3. The van der Waals surface area contributed by atoms with E-state index in [0.717, 1.165) is 11.1 Å². The number of fused-ring (bicyclic) bond motifs is 1. The first-order valence-corrected chi connectivity index (χ1v) is 9.09. The molecule has 0 bridgehead atoms. The van der Waals surface area contributed by atoms with Crippen molar-refractivity contribution < 1.29 is 13.6 Å². The van der Waals surface area contributed by atoms with Crippen molar-refractivity contribution >= 4 is 7.60 Å². The zero-order valence-electron chi connectivity index (χ0n) is 13.4. The van der Waals surface area contributed by atoms with E-state index in [1.165, 1.54) is 5.56 Å². The molecule has 3 nitrogen and oxygen atoms in total. The Morgan fingerprint density at radius 2 is 1.68 bits per heavy atom. The third-order valence-electron chi connectivity index (χ3n) is 4.15. The third kappa shape index (κ3) is 2.60. The Labute approximate surface area is 131 Å². The summed E-state index contributed by atoms with van der Waals surface area (Å²) in [5.74, 6) is 0.654. The minimum atomic E-state index is -3.30. The van der Waals surface area contributed by atoms with Crippen LogP contribution in [0.25, 0.3) is 0 Å². The zero-order chi connectivity index (χ0) is 16.0. The molecule has 1 aliphatic rings. The third-order valence-corrected chi connectivity index (χ3v) is 6.56. The fourth-order valence-electron chi connectivity index (χ4n) is 2.75. The molecule has 0 aliphatic carbocycles. The van der Waals surface area contributed by atoms with Crippen LogP contribution >= 0.6 is 7.60 Å². The molecule has 1 heterocycles. The summed E-state index contributed by atoms with van der Waals surface area (Å²) >= 11 is 0. The molecule has 116 valence electrons. The minimum Gasteiger partial charge on any atom is -0.424 e. The molecular formula is C18H21O3P. The predicted molar refractivity (Wildman–Crippen MR) is 88.4 cm³/mol. The molecule has 0 saturated carbocycles. The summed E-state index contributed by atoms with van der Waals surface area (Å²) < 4.78 is 25.2. The van der Waals surface area contributed by atoms with Gasteiger partial charge in [-0.05, 0) is 39.3 Å². The Hall–Kier alpha value is -1.57. The van der Waals surface area contributed by atoms with E-state index in [1.807, 2.05) is 76.2 Å². The van der Waals surface area contributed by atoms with Crippen molar-refractivity contribution in [3.63, 3.8) is 0 Å². The van der Waals surface area contributed by atoms with Crippen LogP contribution in [0.4, 0.5) is 0 Å². The van der Waals surface area contributed by atoms with Crippen LogP contribution in [0.1, 0.15) is 43.1 Å². The Morgan fingerprint density at radius 3 is 2.36 bits per heavy atom. The van der Waals surface area contributed by atoms with Gasteiger partial charge in [0, 0.05) is 5.56 Å². The van der Waals surface area contributed by atoms with Gasteiger partial charge in [0.25, 0.3) is 0 Å². The number of para-hydroxylation sites is 1. The maximum absolute atomic E-state index is 13.4. The van der Waals surface area contributed by atoms with E-state index in [1.54, 1.807) is 0 Å². The van der Waals surface area contributed by atoms with Gasteiger partial charge in [0.2, 0.25) is 0 Å². The lowest BCUT2D eigenvalue weighted by Gasteiger charge is -2.39. The molecule has 0 radical (unpaired) electrons. The molecule has 0 spiro atoms. The molecular weight excluding hydrogens is 295 g/mol. The number of hydrogen-bond donors (Lipinski definition) is 0. The van der Waals surface area contributed by atoms with E-state index in [9.17, 15) is 4.57 Å². The number of benzene rings is 2. The SMILES string of the molecule is Cc1ccc(C(C)P2(=O)Oc3ccccc3C(C)(C)O2)cc1. The van der Waals surface area contributed by atoms with Crippen molar-refractivity contribution in [2.24, 2.45) is 0 Å². The van der Waals surface area contributed by atoms with Crippen molar-refractivity contribution in [1.29, 1.82) is 0 Å². The van der Waals surface area contributed by atoms with Crippen molar-refractivity contribution in [3.8, 4) is 5.75 Å². The van der Waals surface area contributed by atoms with Gasteiger partial charge in [0.15, 0.2) is 0 Å². The van der Waals surface area contributed by atoms with Crippen LogP contribution in [0.3, 0.4) is 0 Å². The number of aryl methyl sites for hydroxylation is 1. The van der Waals surface area contributed by atoms with E-state index in [2.05, 4.69) is 0 Å². The predicted octanol–water partition coefficient (Wildman–Crippen LogP) is 5.59. The molecule has 2 atom stereocenters. The lowest BCUT2D eigenvalue weighted by Crippen LogP contribution is -2.28. The highest BCUT2D eigenvalue weighted by Crippen LogP contribution is 2.67. The fourth-order valence-corrected chi connectivity index (χ4v) is 4.81. The Bertz CT molecular complexity index is 734. The number of hydrogen-bond acceptors (Lipinski definition) is 3. The summed E-state index contributed by atoms with van der Waals surface area (Å²) in [6.45, 7) is 7.80. The smallest absolute Gasteiger partial charge is 0.387 e. The summed E-state index contributed by atoms with van der Waals surface area (Å²) in [6, 6.07) is 15.6. The molecule has 2 aromatic carbocycles. The lowest BCUT2D eigenvalue weighted by atomic mass is 9.98. The Morgan fingerprint density at radius 1 is 1.05 bits per heavy atom. The Balaban J connectivity index is 2.01. The second kappa shape index (κ2) is 5.26. The normalized spacial score (nSPS) is 24.2. The quantitative estimate of drug-likeness (QED) is 0.677. The average molecular weight is 316 g/mol. The summed E-state index contributed by atoms with van der Waals surface area (Å²) in [5.41, 5.74) is 2.11.